The van der Waals surface area contributed by atoms with Crippen LogP contribution in [0.1, 0.15) is 135 Å². The number of rotatable bonds is 9. The van der Waals surface area contributed by atoms with Crippen molar-refractivity contribution in [3.05, 3.63) is 192 Å². The Morgan fingerprint density at radius 1 is 0.515 bits per heavy atom. The number of pyridine rings is 1. The van der Waals surface area contributed by atoms with Crippen molar-refractivity contribution in [2.45, 2.75) is 98.2 Å². The first-order valence-electron chi connectivity index (χ1n) is 35.5. The van der Waals surface area contributed by atoms with E-state index >= 15 is 0 Å². The number of phenolic OH excluding ortho intramolecular Hbond substituents is 1. The summed E-state index contributed by atoms with van der Waals surface area (Å²) < 4.78 is 235. The second-order valence-electron chi connectivity index (χ2n) is 17.6. The van der Waals surface area contributed by atoms with Crippen molar-refractivity contribution < 1.29 is 42.1 Å². The van der Waals surface area contributed by atoms with E-state index in [0.717, 1.165) is 17.7 Å². The molecule has 1 N–H and O–H groups in total. The van der Waals surface area contributed by atoms with Gasteiger partial charge in [0, 0.05) is 65.5 Å². The molecule has 4 heteroatoms. The van der Waals surface area contributed by atoms with Crippen LogP contribution in [0, 0.1) is 5.92 Å². The summed E-state index contributed by atoms with van der Waals surface area (Å²) in [5, 5.41) is 13.2. The van der Waals surface area contributed by atoms with Crippen molar-refractivity contribution in [3.8, 4) is 78.6 Å². The lowest BCUT2D eigenvalue weighted by Crippen LogP contribution is -2.17. The molecule has 342 valence electrons. The predicted molar refractivity (Wildman–Crippen MR) is 288 cm³/mol. The quantitative estimate of drug-likeness (QED) is 0.157. The molecule has 0 amide bonds. The third-order valence-corrected chi connectivity index (χ3v) is 12.0. The van der Waals surface area contributed by atoms with Gasteiger partial charge in [0.1, 0.15) is 11.6 Å². The number of imidazole rings is 1. The Bertz CT molecular complexity index is 4190. The fraction of sp³-hybridized carbons (Fsp3) is 0.250. The summed E-state index contributed by atoms with van der Waals surface area (Å²) in [6.07, 6.45) is 2.05. The summed E-state index contributed by atoms with van der Waals surface area (Å²) in [6, 6.07) is 43.2. The monoisotopic (exact) mass is 919 g/mol. The Morgan fingerprint density at radius 2 is 1.16 bits per heavy atom. The number of nitrogens with zero attached hydrogens (tertiary/aromatic N) is 3. The highest BCUT2D eigenvalue weighted by Crippen LogP contribution is 2.46. The number of fused-ring (bicyclic) bond motifs is 1. The average Bonchev–Trinajstić information content (AvgIpc) is 1.28. The van der Waals surface area contributed by atoms with E-state index in [2.05, 4.69) is 0 Å². The van der Waals surface area contributed by atoms with Gasteiger partial charge in [0.05, 0.1) is 28.0 Å². The van der Waals surface area contributed by atoms with Crippen molar-refractivity contribution in [2.75, 3.05) is 0 Å². The molecule has 68 heavy (non-hydrogen) atoms. The van der Waals surface area contributed by atoms with Gasteiger partial charge in [0.15, 0.2) is 0 Å². The van der Waals surface area contributed by atoms with Crippen LogP contribution in [0.2, 0.25) is 0 Å². The number of aromatic hydroxyl groups is 1. The van der Waals surface area contributed by atoms with E-state index in [-0.39, 0.29) is 28.7 Å². The highest BCUT2D eigenvalue weighted by Gasteiger charge is 2.29. The molecule has 0 saturated carbocycles. The number of phenols is 1. The number of para-hydroxylation sites is 1. The molecule has 0 bridgehead atoms. The molecule has 0 radical (unpaired) electrons. The largest absolute Gasteiger partial charge is 0.507 e. The molecule has 0 unspecified atom stereocenters. The van der Waals surface area contributed by atoms with E-state index in [9.17, 15) is 5.11 Å². The second kappa shape index (κ2) is 17.9. The molecule has 0 spiro atoms. The molecule has 2 heterocycles. The third-order valence-electron chi connectivity index (χ3n) is 12.0. The topological polar surface area (TPSA) is 50.9 Å². The van der Waals surface area contributed by atoms with E-state index in [0.29, 0.717) is 68.3 Å². The summed E-state index contributed by atoms with van der Waals surface area (Å²) in [5.41, 5.74) is -9.51. The molecule has 7 aromatic carbocycles. The number of aromatic nitrogens is 3. The Labute approximate surface area is 442 Å². The van der Waals surface area contributed by atoms with Crippen molar-refractivity contribution >= 4 is 11.0 Å². The van der Waals surface area contributed by atoms with Crippen molar-refractivity contribution in [3.63, 3.8) is 0 Å². The van der Waals surface area contributed by atoms with E-state index < -0.39 is 112 Å². The Morgan fingerprint density at radius 3 is 1.85 bits per heavy atom. The van der Waals surface area contributed by atoms with Crippen LogP contribution in [0.3, 0.4) is 0 Å². The second-order valence-corrected chi connectivity index (χ2v) is 17.6. The maximum Gasteiger partial charge on any atom is 0.149 e. The van der Waals surface area contributed by atoms with Crippen LogP contribution >= 0.6 is 0 Å². The van der Waals surface area contributed by atoms with Crippen LogP contribution < -0.4 is 0 Å². The van der Waals surface area contributed by atoms with Gasteiger partial charge < -0.3 is 5.11 Å². The molecule has 2 aromatic heterocycles. The van der Waals surface area contributed by atoms with Gasteiger partial charge in [0.2, 0.25) is 0 Å². The molecular weight excluding hydrogens is 827 g/mol. The van der Waals surface area contributed by atoms with Crippen LogP contribution in [0.5, 0.6) is 5.75 Å². The van der Waals surface area contributed by atoms with Gasteiger partial charge in [-0.15, -0.1) is 0 Å². The minimum Gasteiger partial charge on any atom is -0.507 e. The van der Waals surface area contributed by atoms with Gasteiger partial charge in [0.25, 0.3) is 0 Å². The maximum absolute atomic E-state index is 13.2. The Hall–Kier alpha value is -7.04. The predicted octanol–water partition coefficient (Wildman–Crippen LogP) is 17.2. The van der Waals surface area contributed by atoms with E-state index in [4.69, 9.17) is 47.0 Å². The third kappa shape index (κ3) is 9.30. The van der Waals surface area contributed by atoms with Crippen LogP contribution in [0.4, 0.5) is 0 Å². The summed E-state index contributed by atoms with van der Waals surface area (Å²) in [6.45, 7) is -31.4. The van der Waals surface area contributed by atoms with Crippen molar-refractivity contribution in [2.24, 2.45) is 5.92 Å². The molecule has 0 aliphatic rings. The van der Waals surface area contributed by atoms with Crippen LogP contribution in [0.25, 0.3) is 83.9 Å². The fourth-order valence-electron chi connectivity index (χ4n) is 8.70. The molecule has 0 aliphatic carbocycles. The van der Waals surface area contributed by atoms with Crippen molar-refractivity contribution in [1.29, 1.82) is 0 Å². The standard InChI is InChI=1S/C64H65N3O/c1-41(2)33-42-25-30-57(53(34-42)45-21-16-13-17-22-45)67-58-24-18-23-52(59(58)66-61(67)54-39-51(63(6,7)8)40-55(60(54)68)64(9,10)11)48-35-47(43-19-14-12-15-20-43)36-49(37-48)56-38-46(31-32-65-56)44-26-28-50(29-27-44)62(3,4)5/h12-32,34-41,68H,33H2,1-11H3/i3D3,4D3,5D3,6D3,7D3,8D3,9D3,10D3,11D3. The van der Waals surface area contributed by atoms with Gasteiger partial charge in [-0.1, -0.05) is 185 Å². The lowest BCUT2D eigenvalue weighted by molar-refractivity contribution is 0.446. The molecular formula is C64H65N3O. The number of hydrogen-bond acceptors (Lipinski definition) is 3. The summed E-state index contributed by atoms with van der Waals surface area (Å²) in [5.74, 6) is -1.79. The smallest absolute Gasteiger partial charge is 0.149 e. The number of benzene rings is 7. The van der Waals surface area contributed by atoms with Gasteiger partial charge in [-0.2, -0.15) is 0 Å². The zero-order chi connectivity index (χ0) is 70.6. The van der Waals surface area contributed by atoms with Crippen molar-refractivity contribution in [1.82, 2.24) is 14.5 Å². The molecule has 0 atom stereocenters. The Balaban J connectivity index is 1.43. The van der Waals surface area contributed by atoms with Crippen LogP contribution in [-0.2, 0) is 22.7 Å². The van der Waals surface area contributed by atoms with Gasteiger partial charge >= 0.3 is 0 Å². The van der Waals surface area contributed by atoms with E-state index in [1.54, 1.807) is 78.9 Å². The SMILES string of the molecule is [2H]C([2H])([2H])C(c1ccc(-c2ccnc(-c3cc(-c4ccccc4)cc(-c4cccc5c4nc(-c4cc(C(C([2H])([2H])[2H])(C([2H])([2H])[2H])C([2H])([2H])[2H])cc(C(C([2H])([2H])[2H])(C([2H])([2H])[2H])C([2H])([2H])[2H])c4O)n5-c4ccc(CC(C)C)cc4-c4ccccc4)c3)c2)cc1)(C([2H])([2H])[2H])C([2H])([2H])[2H]. The zero-order valence-electron chi connectivity index (χ0n) is 64.2. The van der Waals surface area contributed by atoms with E-state index in [1.165, 1.54) is 22.9 Å². The molecule has 4 nitrogen and oxygen atoms in total. The highest BCUT2D eigenvalue weighted by molar-refractivity contribution is 5.98. The lowest BCUT2D eigenvalue weighted by atomic mass is 9.79. The lowest BCUT2D eigenvalue weighted by Gasteiger charge is -2.27. The first-order valence-corrected chi connectivity index (χ1v) is 22.0. The van der Waals surface area contributed by atoms with Gasteiger partial charge in [-0.3, -0.25) is 9.55 Å². The van der Waals surface area contributed by atoms with E-state index in [1.807, 2.05) is 62.4 Å². The number of hydrogen-bond donors (Lipinski definition) is 1. The first-order chi connectivity index (χ1) is 43.6. The molecule has 9 rings (SSSR count). The zero-order valence-corrected chi connectivity index (χ0v) is 37.2. The van der Waals surface area contributed by atoms with Gasteiger partial charge in [-0.25, -0.2) is 4.98 Å². The normalized spacial score (nSPS) is 19.8. The minimum atomic E-state index is -4.21. The van der Waals surface area contributed by atoms with Gasteiger partial charge in [-0.05, 0) is 133 Å². The maximum atomic E-state index is 13.2. The first kappa shape index (κ1) is 23.8. The highest BCUT2D eigenvalue weighted by atomic mass is 16.3. The fourth-order valence-corrected chi connectivity index (χ4v) is 8.70. The Kier molecular flexibility index (Phi) is 6.26. The average molecular weight is 919 g/mol. The molecule has 0 fully saturated rings. The van der Waals surface area contributed by atoms with Crippen LogP contribution in [-0.4, -0.2) is 19.6 Å². The summed E-state index contributed by atoms with van der Waals surface area (Å²) >= 11 is 0. The summed E-state index contributed by atoms with van der Waals surface area (Å²) in [4.78, 5) is 9.93. The minimum absolute atomic E-state index is 0.0572. The molecule has 0 saturated heterocycles. The molecule has 9 aromatic rings. The van der Waals surface area contributed by atoms with Crippen LogP contribution in [0.15, 0.2) is 170 Å². The summed E-state index contributed by atoms with van der Waals surface area (Å²) in [7, 11) is 0. The molecule has 0 aliphatic heterocycles.